The molecule has 3 heterocycles. The van der Waals surface area contributed by atoms with Gasteiger partial charge in [-0.3, -0.25) is 4.79 Å². The van der Waals surface area contributed by atoms with E-state index in [9.17, 15) is 4.79 Å². The highest BCUT2D eigenvalue weighted by Crippen LogP contribution is 2.35. The predicted molar refractivity (Wildman–Crippen MR) is 121 cm³/mol. The van der Waals surface area contributed by atoms with E-state index in [2.05, 4.69) is 34.0 Å². The lowest BCUT2D eigenvalue weighted by molar-refractivity contribution is -0.113. The molecule has 1 aliphatic rings. The Kier molecular flexibility index (Phi) is 6.30. The summed E-state index contributed by atoms with van der Waals surface area (Å²) in [7, 11) is 0. The SMILES string of the molecule is CCc1ccc(NC(=O)CSc2ncnc3nc(N4CCC[C@H](C)C4)sc23)cc1. The second kappa shape index (κ2) is 9.09. The summed E-state index contributed by atoms with van der Waals surface area (Å²) in [6.07, 6.45) is 5.00. The third-order valence-corrected chi connectivity index (χ3v) is 7.29. The summed E-state index contributed by atoms with van der Waals surface area (Å²) in [6.45, 7) is 6.48. The van der Waals surface area contributed by atoms with Crippen molar-refractivity contribution in [2.45, 2.75) is 38.1 Å². The number of thiazole rings is 1. The molecular formula is C21H25N5OS2. The molecule has 0 unspecified atom stereocenters. The van der Waals surface area contributed by atoms with Crippen molar-refractivity contribution in [1.82, 2.24) is 15.0 Å². The molecule has 1 amide bonds. The van der Waals surface area contributed by atoms with Crippen molar-refractivity contribution in [3.63, 3.8) is 0 Å². The number of thioether (sulfide) groups is 1. The van der Waals surface area contributed by atoms with Crippen molar-refractivity contribution in [2.24, 2.45) is 5.92 Å². The van der Waals surface area contributed by atoms with E-state index in [1.54, 1.807) is 11.3 Å². The van der Waals surface area contributed by atoms with Crippen LogP contribution in [0.25, 0.3) is 10.3 Å². The molecule has 4 rings (SSSR count). The first-order chi connectivity index (χ1) is 14.1. The second-order valence-corrected chi connectivity index (χ2v) is 9.35. The molecule has 0 saturated carbocycles. The van der Waals surface area contributed by atoms with E-state index in [1.165, 1.54) is 36.5 Å². The number of rotatable bonds is 6. The van der Waals surface area contributed by atoms with Crippen LogP contribution in [0.1, 0.15) is 32.3 Å². The number of hydrogen-bond acceptors (Lipinski definition) is 7. The summed E-state index contributed by atoms with van der Waals surface area (Å²) in [5.74, 6) is 0.946. The molecule has 1 fully saturated rings. The maximum atomic E-state index is 12.4. The molecule has 1 atom stereocenters. The minimum atomic E-state index is -0.0411. The Morgan fingerprint density at radius 2 is 2.14 bits per heavy atom. The lowest BCUT2D eigenvalue weighted by Crippen LogP contribution is -2.34. The molecule has 29 heavy (non-hydrogen) atoms. The van der Waals surface area contributed by atoms with E-state index in [0.717, 1.165) is 45.7 Å². The Balaban J connectivity index is 1.42. The minimum absolute atomic E-state index is 0.0411. The van der Waals surface area contributed by atoms with Gasteiger partial charge in [0.05, 0.1) is 5.75 Å². The van der Waals surface area contributed by atoms with Gasteiger partial charge in [0.15, 0.2) is 10.8 Å². The third kappa shape index (κ3) is 4.87. The molecule has 1 N–H and O–H groups in total. The van der Waals surface area contributed by atoms with Crippen molar-refractivity contribution in [1.29, 1.82) is 0 Å². The van der Waals surface area contributed by atoms with Gasteiger partial charge in [0, 0.05) is 18.8 Å². The zero-order chi connectivity index (χ0) is 20.2. The highest BCUT2D eigenvalue weighted by Gasteiger charge is 2.21. The summed E-state index contributed by atoms with van der Waals surface area (Å²) < 4.78 is 0.964. The van der Waals surface area contributed by atoms with Crippen molar-refractivity contribution >= 4 is 50.2 Å². The zero-order valence-corrected chi connectivity index (χ0v) is 18.4. The topological polar surface area (TPSA) is 71.0 Å². The van der Waals surface area contributed by atoms with E-state index in [0.29, 0.717) is 11.7 Å². The first kappa shape index (κ1) is 20.1. The average Bonchev–Trinajstić information content (AvgIpc) is 3.18. The highest BCUT2D eigenvalue weighted by molar-refractivity contribution is 8.00. The molecule has 8 heteroatoms. The Morgan fingerprint density at radius 1 is 1.31 bits per heavy atom. The number of fused-ring (bicyclic) bond motifs is 1. The van der Waals surface area contributed by atoms with Gasteiger partial charge in [0.1, 0.15) is 16.1 Å². The first-order valence-electron chi connectivity index (χ1n) is 10.0. The van der Waals surface area contributed by atoms with Crippen LogP contribution in [0, 0.1) is 5.92 Å². The van der Waals surface area contributed by atoms with Gasteiger partial charge in [-0.1, -0.05) is 49.1 Å². The second-order valence-electron chi connectivity index (χ2n) is 7.41. The van der Waals surface area contributed by atoms with Crippen LogP contribution in [0.5, 0.6) is 0 Å². The minimum Gasteiger partial charge on any atom is -0.348 e. The van der Waals surface area contributed by atoms with E-state index >= 15 is 0 Å². The Labute approximate surface area is 179 Å². The molecule has 0 radical (unpaired) electrons. The normalized spacial score (nSPS) is 16.9. The molecule has 3 aromatic rings. The highest BCUT2D eigenvalue weighted by atomic mass is 32.2. The van der Waals surface area contributed by atoms with E-state index in [4.69, 9.17) is 4.98 Å². The quantitative estimate of drug-likeness (QED) is 0.457. The lowest BCUT2D eigenvalue weighted by Gasteiger charge is -2.30. The number of benzene rings is 1. The van der Waals surface area contributed by atoms with Crippen molar-refractivity contribution < 1.29 is 4.79 Å². The van der Waals surface area contributed by atoms with Crippen LogP contribution in [-0.4, -0.2) is 39.7 Å². The van der Waals surface area contributed by atoms with Crippen LogP contribution in [0.3, 0.4) is 0 Å². The summed E-state index contributed by atoms with van der Waals surface area (Å²) >= 11 is 3.06. The molecule has 1 saturated heterocycles. The van der Waals surface area contributed by atoms with Crippen LogP contribution in [-0.2, 0) is 11.2 Å². The van der Waals surface area contributed by atoms with Gasteiger partial charge in [0.2, 0.25) is 5.91 Å². The van der Waals surface area contributed by atoms with Crippen LogP contribution in [0.15, 0.2) is 35.6 Å². The molecule has 0 bridgehead atoms. The number of anilines is 2. The molecule has 0 aliphatic carbocycles. The third-order valence-electron chi connectivity index (χ3n) is 5.06. The molecule has 6 nitrogen and oxygen atoms in total. The Hall–Kier alpha value is -2.19. The van der Waals surface area contributed by atoms with E-state index in [-0.39, 0.29) is 5.91 Å². The summed E-state index contributed by atoms with van der Waals surface area (Å²) in [6, 6.07) is 7.97. The number of carbonyl (C=O) groups excluding carboxylic acids is 1. The van der Waals surface area contributed by atoms with Crippen molar-refractivity contribution in [3.8, 4) is 0 Å². The standard InChI is InChI=1S/C21H25N5OS2/c1-3-15-6-8-16(9-7-15)24-17(27)12-28-20-18-19(22-13-23-20)25-21(29-18)26-10-4-5-14(2)11-26/h6-9,13-14H,3-5,10-12H2,1-2H3,(H,24,27)/t14-/m0/s1. The maximum Gasteiger partial charge on any atom is 0.234 e. The van der Waals surface area contributed by atoms with Gasteiger partial charge in [-0.25, -0.2) is 9.97 Å². The lowest BCUT2D eigenvalue weighted by atomic mass is 10.0. The fraction of sp³-hybridized carbons (Fsp3) is 0.429. The Bertz CT molecular complexity index is 988. The van der Waals surface area contributed by atoms with Crippen molar-refractivity contribution in [3.05, 3.63) is 36.2 Å². The average molecular weight is 428 g/mol. The van der Waals surface area contributed by atoms with Crippen LogP contribution in [0.2, 0.25) is 0 Å². The van der Waals surface area contributed by atoms with Crippen LogP contribution in [0.4, 0.5) is 10.8 Å². The van der Waals surface area contributed by atoms with Gasteiger partial charge in [-0.15, -0.1) is 0 Å². The number of aromatic nitrogens is 3. The molecular weight excluding hydrogens is 402 g/mol. The number of nitrogens with one attached hydrogen (secondary N) is 1. The number of hydrogen-bond donors (Lipinski definition) is 1. The molecule has 152 valence electrons. The number of carbonyl (C=O) groups is 1. The molecule has 1 aliphatic heterocycles. The predicted octanol–water partition coefficient (Wildman–Crippen LogP) is 4.62. The van der Waals surface area contributed by atoms with Gasteiger partial charge in [-0.05, 0) is 42.9 Å². The van der Waals surface area contributed by atoms with Gasteiger partial charge < -0.3 is 10.2 Å². The zero-order valence-electron chi connectivity index (χ0n) is 16.7. The Morgan fingerprint density at radius 3 is 2.90 bits per heavy atom. The van der Waals surface area contributed by atoms with E-state index in [1.807, 2.05) is 24.3 Å². The smallest absolute Gasteiger partial charge is 0.234 e. The number of aryl methyl sites for hydroxylation is 1. The molecule has 1 aromatic carbocycles. The molecule has 2 aromatic heterocycles. The van der Waals surface area contributed by atoms with Crippen molar-refractivity contribution in [2.75, 3.05) is 29.1 Å². The first-order valence-corrected chi connectivity index (χ1v) is 11.8. The fourth-order valence-corrected chi connectivity index (χ4v) is 5.40. The largest absolute Gasteiger partial charge is 0.348 e. The monoisotopic (exact) mass is 427 g/mol. The summed E-state index contributed by atoms with van der Waals surface area (Å²) in [5, 5.41) is 4.78. The van der Waals surface area contributed by atoms with Gasteiger partial charge >= 0.3 is 0 Å². The molecule has 0 spiro atoms. The maximum absolute atomic E-state index is 12.4. The van der Waals surface area contributed by atoms with Crippen LogP contribution >= 0.6 is 23.1 Å². The number of piperidine rings is 1. The van der Waals surface area contributed by atoms with Gasteiger partial charge in [0.25, 0.3) is 0 Å². The number of amides is 1. The summed E-state index contributed by atoms with van der Waals surface area (Å²) in [5.41, 5.74) is 2.79. The fourth-order valence-electron chi connectivity index (χ4n) is 3.48. The van der Waals surface area contributed by atoms with E-state index < -0.39 is 0 Å². The number of nitrogens with zero attached hydrogens (tertiary/aromatic N) is 4. The summed E-state index contributed by atoms with van der Waals surface area (Å²) in [4.78, 5) is 28.2. The van der Waals surface area contributed by atoms with Crippen LogP contribution < -0.4 is 10.2 Å². The van der Waals surface area contributed by atoms with Gasteiger partial charge in [-0.2, -0.15) is 4.98 Å².